The van der Waals surface area contributed by atoms with Gasteiger partial charge in [-0.05, 0) is 48.4 Å². The quantitative estimate of drug-likeness (QED) is 0.457. The second-order valence-electron chi connectivity index (χ2n) is 6.54. The largest absolute Gasteiger partial charge is 0.477 e. The molecular formula is C24H31NO3. The van der Waals surface area contributed by atoms with Gasteiger partial charge in [0.05, 0.1) is 0 Å². The first-order valence-electron chi connectivity index (χ1n) is 9.51. The molecule has 0 saturated carbocycles. The van der Waals surface area contributed by atoms with Crippen LogP contribution in [0, 0.1) is 0 Å². The fourth-order valence-corrected chi connectivity index (χ4v) is 2.14. The molecule has 1 N–H and O–H groups in total. The van der Waals surface area contributed by atoms with Crippen LogP contribution in [0.25, 0.3) is 5.57 Å². The Morgan fingerprint density at radius 1 is 0.964 bits per heavy atom. The molecule has 0 saturated heterocycles. The Morgan fingerprint density at radius 3 is 2.11 bits per heavy atom. The normalized spacial score (nSPS) is 11.3. The first-order valence-corrected chi connectivity index (χ1v) is 9.51. The number of allylic oxidation sites excluding steroid dienone is 3. The van der Waals surface area contributed by atoms with E-state index in [-0.39, 0.29) is 5.70 Å². The molecule has 28 heavy (non-hydrogen) atoms. The van der Waals surface area contributed by atoms with Crippen LogP contribution in [-0.4, -0.2) is 30.1 Å². The van der Waals surface area contributed by atoms with Crippen molar-refractivity contribution in [3.05, 3.63) is 78.0 Å². The van der Waals surface area contributed by atoms with Crippen LogP contribution in [0.4, 0.5) is 0 Å². The molecular weight excluding hydrogens is 350 g/mol. The third-order valence-corrected chi connectivity index (χ3v) is 3.96. The molecule has 0 radical (unpaired) electrons. The number of aliphatic carboxylic acids is 1. The van der Waals surface area contributed by atoms with E-state index >= 15 is 0 Å². The number of rotatable bonds is 7. The summed E-state index contributed by atoms with van der Waals surface area (Å²) in [5.74, 6) is 0.559. The monoisotopic (exact) mass is 381 g/mol. The smallest absolute Gasteiger partial charge is 0.352 e. The van der Waals surface area contributed by atoms with Crippen molar-refractivity contribution in [3.8, 4) is 11.5 Å². The lowest BCUT2D eigenvalue weighted by atomic mass is 10.1. The van der Waals surface area contributed by atoms with Crippen molar-refractivity contribution in [3.63, 3.8) is 0 Å². The van der Waals surface area contributed by atoms with Gasteiger partial charge in [-0.25, -0.2) is 4.79 Å². The van der Waals surface area contributed by atoms with E-state index in [1.807, 2.05) is 61.5 Å². The minimum atomic E-state index is -0.954. The van der Waals surface area contributed by atoms with Gasteiger partial charge in [-0.15, -0.1) is 0 Å². The molecule has 4 heteroatoms. The molecule has 2 rings (SSSR count). The van der Waals surface area contributed by atoms with Gasteiger partial charge in [-0.2, -0.15) is 0 Å². The second kappa shape index (κ2) is 12.4. The Balaban J connectivity index is 0.000000892. The molecule has 150 valence electrons. The Kier molecular flexibility index (Phi) is 10.2. The Labute approximate surface area is 168 Å². The number of benzene rings is 2. The number of ether oxygens (including phenoxy) is 1. The lowest BCUT2D eigenvalue weighted by Crippen LogP contribution is -2.18. The summed E-state index contributed by atoms with van der Waals surface area (Å²) in [7, 11) is 3.41. The molecule has 2 aromatic rings. The van der Waals surface area contributed by atoms with Gasteiger partial charge in [0, 0.05) is 14.1 Å². The fourth-order valence-electron chi connectivity index (χ4n) is 2.14. The number of likely N-dealkylation sites (N-methyl/N-ethyl adjacent to an activating group) is 1. The minimum absolute atomic E-state index is 0.228. The molecule has 0 atom stereocenters. The third kappa shape index (κ3) is 8.12. The Bertz CT molecular complexity index is 791. The highest BCUT2D eigenvalue weighted by Gasteiger charge is 2.08. The van der Waals surface area contributed by atoms with E-state index in [1.54, 1.807) is 31.1 Å². The van der Waals surface area contributed by atoms with Crippen LogP contribution in [0.1, 0.15) is 39.2 Å². The standard InChI is InChI=1S/C20H21NO3.C4H10/c1-15(12-13-19(20(22)23)21(2)3)16-8-7-11-18(14-16)24-17-9-5-4-6-10-17;1-3-4-2/h4-14H,1-3H3,(H,22,23);3-4H2,1-2H3/b15-12-,19-13-;. The lowest BCUT2D eigenvalue weighted by Gasteiger charge is -2.12. The summed E-state index contributed by atoms with van der Waals surface area (Å²) in [6, 6.07) is 17.3. The zero-order valence-corrected chi connectivity index (χ0v) is 17.5. The van der Waals surface area contributed by atoms with E-state index < -0.39 is 5.97 Å². The van der Waals surface area contributed by atoms with Crippen molar-refractivity contribution in [2.75, 3.05) is 14.1 Å². The number of hydrogen-bond donors (Lipinski definition) is 1. The summed E-state index contributed by atoms with van der Waals surface area (Å²) in [5, 5.41) is 9.18. The Hall–Kier alpha value is -3.01. The maximum Gasteiger partial charge on any atom is 0.352 e. The number of unbranched alkanes of at least 4 members (excludes halogenated alkanes) is 1. The van der Waals surface area contributed by atoms with E-state index in [2.05, 4.69) is 13.8 Å². The van der Waals surface area contributed by atoms with Crippen LogP contribution in [0.3, 0.4) is 0 Å². The van der Waals surface area contributed by atoms with Gasteiger partial charge in [-0.3, -0.25) is 0 Å². The average molecular weight is 382 g/mol. The van der Waals surface area contributed by atoms with Crippen LogP contribution in [0.5, 0.6) is 11.5 Å². The molecule has 0 aromatic heterocycles. The number of nitrogens with zero attached hydrogens (tertiary/aromatic N) is 1. The molecule has 0 aliphatic carbocycles. The van der Waals surface area contributed by atoms with E-state index in [0.717, 1.165) is 22.6 Å². The van der Waals surface area contributed by atoms with Gasteiger partial charge in [0.1, 0.15) is 17.2 Å². The van der Waals surface area contributed by atoms with Gasteiger partial charge >= 0.3 is 5.97 Å². The summed E-state index contributed by atoms with van der Waals surface area (Å²) in [4.78, 5) is 12.8. The highest BCUT2D eigenvalue weighted by molar-refractivity contribution is 5.86. The van der Waals surface area contributed by atoms with Crippen LogP contribution >= 0.6 is 0 Å². The number of hydrogen-bond acceptors (Lipinski definition) is 3. The molecule has 0 amide bonds. The van der Waals surface area contributed by atoms with Crippen molar-refractivity contribution in [1.29, 1.82) is 0 Å². The third-order valence-electron chi connectivity index (χ3n) is 3.96. The molecule has 0 unspecified atom stereocenters. The highest BCUT2D eigenvalue weighted by Crippen LogP contribution is 2.25. The van der Waals surface area contributed by atoms with Gasteiger partial charge < -0.3 is 14.7 Å². The molecule has 0 spiro atoms. The van der Waals surface area contributed by atoms with Crippen LogP contribution in [-0.2, 0) is 4.79 Å². The number of para-hydroxylation sites is 1. The predicted molar refractivity (Wildman–Crippen MR) is 117 cm³/mol. The van der Waals surface area contributed by atoms with Crippen molar-refractivity contribution < 1.29 is 14.6 Å². The maximum absolute atomic E-state index is 11.2. The van der Waals surface area contributed by atoms with Crippen molar-refractivity contribution in [2.45, 2.75) is 33.6 Å². The first kappa shape index (κ1) is 23.0. The summed E-state index contributed by atoms with van der Waals surface area (Å²) in [5.41, 5.74) is 2.16. The average Bonchev–Trinajstić information content (AvgIpc) is 2.68. The second-order valence-corrected chi connectivity index (χ2v) is 6.54. The van der Waals surface area contributed by atoms with Crippen LogP contribution in [0.15, 0.2) is 72.4 Å². The summed E-state index contributed by atoms with van der Waals surface area (Å²) >= 11 is 0. The van der Waals surface area contributed by atoms with Crippen molar-refractivity contribution in [1.82, 2.24) is 4.90 Å². The molecule has 0 heterocycles. The fraction of sp³-hybridized carbons (Fsp3) is 0.292. The first-order chi connectivity index (χ1) is 13.4. The van der Waals surface area contributed by atoms with Crippen molar-refractivity contribution in [2.24, 2.45) is 0 Å². The summed E-state index contributed by atoms with van der Waals surface area (Å²) < 4.78 is 5.83. The number of carboxylic acid groups (broad SMARTS) is 1. The molecule has 0 aliphatic rings. The van der Waals surface area contributed by atoms with Crippen molar-refractivity contribution >= 4 is 11.5 Å². The zero-order chi connectivity index (χ0) is 20.9. The zero-order valence-electron chi connectivity index (χ0n) is 17.5. The van der Waals surface area contributed by atoms with Crippen LogP contribution in [0.2, 0.25) is 0 Å². The minimum Gasteiger partial charge on any atom is -0.477 e. The lowest BCUT2D eigenvalue weighted by molar-refractivity contribution is -0.134. The van der Waals surface area contributed by atoms with Gasteiger partial charge in [0.2, 0.25) is 0 Å². The predicted octanol–water partition coefficient (Wildman–Crippen LogP) is 6.22. The molecule has 0 fully saturated rings. The highest BCUT2D eigenvalue weighted by atomic mass is 16.5. The maximum atomic E-state index is 11.2. The Morgan fingerprint density at radius 2 is 1.57 bits per heavy atom. The van der Waals surface area contributed by atoms with Crippen LogP contribution < -0.4 is 4.74 Å². The summed E-state index contributed by atoms with van der Waals surface area (Å²) in [6.45, 7) is 6.30. The van der Waals surface area contributed by atoms with E-state index in [4.69, 9.17) is 4.74 Å². The molecule has 0 aliphatic heterocycles. The van der Waals surface area contributed by atoms with Gasteiger partial charge in [0.25, 0.3) is 0 Å². The number of carbonyl (C=O) groups is 1. The molecule has 2 aromatic carbocycles. The topological polar surface area (TPSA) is 49.8 Å². The van der Waals surface area contributed by atoms with Gasteiger partial charge in [0.15, 0.2) is 0 Å². The molecule has 4 nitrogen and oxygen atoms in total. The summed E-state index contributed by atoms with van der Waals surface area (Å²) in [6.07, 6.45) is 6.04. The van der Waals surface area contributed by atoms with E-state index in [0.29, 0.717) is 0 Å². The van der Waals surface area contributed by atoms with E-state index in [9.17, 15) is 9.90 Å². The van der Waals surface area contributed by atoms with Gasteiger partial charge in [-0.1, -0.05) is 63.1 Å². The molecule has 0 bridgehead atoms. The van der Waals surface area contributed by atoms with E-state index in [1.165, 1.54) is 12.8 Å². The SMILES string of the molecule is C/C(=C/C=C(/C(=O)O)N(C)C)c1cccc(Oc2ccccc2)c1.CCCC. The number of carboxylic acids is 1.